The molecule has 134 valence electrons. The Balaban J connectivity index is 2.07. The van der Waals surface area contributed by atoms with Gasteiger partial charge in [0.25, 0.3) is 0 Å². The third-order valence-electron chi connectivity index (χ3n) is 4.69. The van der Waals surface area contributed by atoms with E-state index in [1.807, 2.05) is 4.90 Å². The fourth-order valence-electron chi connectivity index (χ4n) is 3.31. The quantitative estimate of drug-likeness (QED) is 0.689. The number of hydrogen-bond donors (Lipinski definition) is 0. The normalized spacial score (nSPS) is 16.8. The second kappa shape index (κ2) is 7.02. The van der Waals surface area contributed by atoms with E-state index < -0.39 is 11.9 Å². The van der Waals surface area contributed by atoms with Gasteiger partial charge in [-0.25, -0.2) is 9.37 Å². The van der Waals surface area contributed by atoms with Gasteiger partial charge in [-0.05, 0) is 37.0 Å². The van der Waals surface area contributed by atoms with Crippen LogP contribution in [0.4, 0.5) is 23.4 Å². The molecule has 1 atom stereocenters. The van der Waals surface area contributed by atoms with E-state index in [0.717, 1.165) is 25.3 Å². The number of alkyl halides is 3. The van der Waals surface area contributed by atoms with Crippen molar-refractivity contribution in [3.8, 4) is 0 Å². The molecule has 1 aliphatic heterocycles. The zero-order valence-corrected chi connectivity index (χ0v) is 14.0. The Labute approximate surface area is 144 Å². The number of anilines is 1. The largest absolute Gasteiger partial charge is 0.433 e. The smallest absolute Gasteiger partial charge is 0.356 e. The SMILES string of the molecule is CC(c1ccccc1F)c1ccc(C(F)(F)F)nc1N1CCCCC1. The van der Waals surface area contributed by atoms with Crippen LogP contribution in [0.25, 0.3) is 0 Å². The topological polar surface area (TPSA) is 16.1 Å². The van der Waals surface area contributed by atoms with Crippen LogP contribution in [0.15, 0.2) is 36.4 Å². The molecule has 0 amide bonds. The van der Waals surface area contributed by atoms with E-state index in [1.165, 1.54) is 12.1 Å². The van der Waals surface area contributed by atoms with Crippen molar-refractivity contribution >= 4 is 5.82 Å². The van der Waals surface area contributed by atoms with Gasteiger partial charge in [0.15, 0.2) is 0 Å². The van der Waals surface area contributed by atoms with E-state index >= 15 is 0 Å². The standard InChI is InChI=1S/C19H20F4N2/c1-13(14-7-3-4-8-16(14)20)15-9-10-17(19(21,22)23)24-18(15)25-11-5-2-6-12-25/h3-4,7-10,13H,2,5-6,11-12H2,1H3. The first-order valence-electron chi connectivity index (χ1n) is 8.45. The van der Waals surface area contributed by atoms with Gasteiger partial charge in [-0.3, -0.25) is 0 Å². The highest BCUT2D eigenvalue weighted by molar-refractivity contribution is 5.53. The molecule has 1 unspecified atom stereocenters. The van der Waals surface area contributed by atoms with Gasteiger partial charge in [0, 0.05) is 24.6 Å². The molecular formula is C19H20F4N2. The Morgan fingerprint density at radius 3 is 2.28 bits per heavy atom. The van der Waals surface area contributed by atoms with Crippen molar-refractivity contribution in [1.29, 1.82) is 0 Å². The van der Waals surface area contributed by atoms with E-state index in [2.05, 4.69) is 4.98 Å². The fraction of sp³-hybridized carbons (Fsp3) is 0.421. The molecule has 3 rings (SSSR count). The van der Waals surface area contributed by atoms with Crippen molar-refractivity contribution in [1.82, 2.24) is 4.98 Å². The monoisotopic (exact) mass is 352 g/mol. The molecule has 1 aliphatic rings. The van der Waals surface area contributed by atoms with Crippen LogP contribution < -0.4 is 4.90 Å². The number of nitrogens with zero attached hydrogens (tertiary/aromatic N) is 2. The molecule has 1 aromatic heterocycles. The highest BCUT2D eigenvalue weighted by atomic mass is 19.4. The summed E-state index contributed by atoms with van der Waals surface area (Å²) < 4.78 is 53.5. The number of rotatable bonds is 3. The lowest BCUT2D eigenvalue weighted by molar-refractivity contribution is -0.141. The van der Waals surface area contributed by atoms with E-state index in [-0.39, 0.29) is 11.7 Å². The maximum Gasteiger partial charge on any atom is 0.433 e. The van der Waals surface area contributed by atoms with E-state index in [9.17, 15) is 17.6 Å². The van der Waals surface area contributed by atoms with Crippen LogP contribution >= 0.6 is 0 Å². The molecule has 0 spiro atoms. The summed E-state index contributed by atoms with van der Waals surface area (Å²) in [4.78, 5) is 5.82. The summed E-state index contributed by atoms with van der Waals surface area (Å²) in [6, 6.07) is 8.79. The number of hydrogen-bond acceptors (Lipinski definition) is 2. The van der Waals surface area contributed by atoms with Crippen molar-refractivity contribution in [3.63, 3.8) is 0 Å². The summed E-state index contributed by atoms with van der Waals surface area (Å²) in [5.74, 6) is -0.419. The number of pyridine rings is 1. The van der Waals surface area contributed by atoms with Gasteiger partial charge in [0.1, 0.15) is 17.3 Å². The fourth-order valence-corrected chi connectivity index (χ4v) is 3.31. The first-order valence-corrected chi connectivity index (χ1v) is 8.45. The Kier molecular flexibility index (Phi) is 4.97. The lowest BCUT2D eigenvalue weighted by atomic mass is 9.92. The van der Waals surface area contributed by atoms with Crippen molar-refractivity contribution in [3.05, 3.63) is 59.0 Å². The van der Waals surface area contributed by atoms with E-state index in [0.29, 0.717) is 30.0 Å². The molecule has 1 aromatic carbocycles. The molecule has 0 saturated carbocycles. The highest BCUT2D eigenvalue weighted by Gasteiger charge is 2.34. The van der Waals surface area contributed by atoms with Crippen molar-refractivity contribution in [2.75, 3.05) is 18.0 Å². The lowest BCUT2D eigenvalue weighted by Gasteiger charge is -2.31. The molecule has 1 fully saturated rings. The number of aromatic nitrogens is 1. The Bertz CT molecular complexity index is 736. The zero-order chi connectivity index (χ0) is 18.0. The van der Waals surface area contributed by atoms with Crippen molar-refractivity contribution in [2.45, 2.75) is 38.3 Å². The minimum atomic E-state index is -4.50. The van der Waals surface area contributed by atoms with Gasteiger partial charge >= 0.3 is 6.18 Å². The summed E-state index contributed by atoms with van der Waals surface area (Å²) in [7, 11) is 0. The molecule has 0 radical (unpaired) electrons. The van der Waals surface area contributed by atoms with Crippen LogP contribution in [0.3, 0.4) is 0 Å². The molecule has 0 N–H and O–H groups in total. The average Bonchev–Trinajstić information content (AvgIpc) is 2.61. The molecule has 1 saturated heterocycles. The number of halogens is 4. The molecule has 0 aliphatic carbocycles. The zero-order valence-electron chi connectivity index (χ0n) is 14.0. The minimum absolute atomic E-state index is 0.324. The molecule has 2 heterocycles. The van der Waals surface area contributed by atoms with Crippen LogP contribution in [0.5, 0.6) is 0 Å². The average molecular weight is 352 g/mol. The van der Waals surface area contributed by atoms with Crippen LogP contribution in [-0.2, 0) is 6.18 Å². The van der Waals surface area contributed by atoms with Crippen LogP contribution in [-0.4, -0.2) is 18.1 Å². The molecule has 0 bridgehead atoms. The number of piperidine rings is 1. The van der Waals surface area contributed by atoms with Crippen molar-refractivity contribution in [2.24, 2.45) is 0 Å². The first-order chi connectivity index (χ1) is 11.9. The summed E-state index contributed by atoms with van der Waals surface area (Å²) in [5.41, 5.74) is 0.180. The molecule has 25 heavy (non-hydrogen) atoms. The van der Waals surface area contributed by atoms with Crippen LogP contribution in [0.2, 0.25) is 0 Å². The third kappa shape index (κ3) is 3.78. The molecular weight excluding hydrogens is 332 g/mol. The third-order valence-corrected chi connectivity index (χ3v) is 4.69. The lowest BCUT2D eigenvalue weighted by Crippen LogP contribution is -2.32. The molecule has 2 aromatic rings. The van der Waals surface area contributed by atoms with E-state index in [4.69, 9.17) is 0 Å². The summed E-state index contributed by atoms with van der Waals surface area (Å²) >= 11 is 0. The Morgan fingerprint density at radius 1 is 0.960 bits per heavy atom. The van der Waals surface area contributed by atoms with E-state index in [1.54, 1.807) is 25.1 Å². The van der Waals surface area contributed by atoms with Crippen LogP contribution in [0, 0.1) is 5.82 Å². The second-order valence-electron chi connectivity index (χ2n) is 6.40. The van der Waals surface area contributed by atoms with Gasteiger partial charge in [-0.2, -0.15) is 13.2 Å². The first kappa shape index (κ1) is 17.7. The Morgan fingerprint density at radius 2 is 1.64 bits per heavy atom. The predicted octanol–water partition coefficient (Wildman–Crippen LogP) is 5.38. The van der Waals surface area contributed by atoms with Gasteiger partial charge < -0.3 is 4.90 Å². The number of benzene rings is 1. The predicted molar refractivity (Wildman–Crippen MR) is 89.2 cm³/mol. The summed E-state index contributed by atoms with van der Waals surface area (Å²) in [5, 5.41) is 0. The maximum absolute atomic E-state index is 14.2. The molecule has 2 nitrogen and oxygen atoms in total. The highest BCUT2D eigenvalue weighted by Crippen LogP contribution is 2.36. The Hall–Kier alpha value is -2.11. The second-order valence-corrected chi connectivity index (χ2v) is 6.40. The van der Waals surface area contributed by atoms with Gasteiger partial charge in [0.05, 0.1) is 0 Å². The van der Waals surface area contributed by atoms with Gasteiger partial charge in [0.2, 0.25) is 0 Å². The van der Waals surface area contributed by atoms with Gasteiger partial charge in [-0.1, -0.05) is 31.2 Å². The van der Waals surface area contributed by atoms with Crippen LogP contribution in [0.1, 0.15) is 48.9 Å². The summed E-state index contributed by atoms with van der Waals surface area (Å²) in [6.07, 6.45) is -1.59. The van der Waals surface area contributed by atoms with Crippen molar-refractivity contribution < 1.29 is 17.6 Å². The maximum atomic E-state index is 14.2. The minimum Gasteiger partial charge on any atom is -0.356 e. The summed E-state index contributed by atoms with van der Waals surface area (Å²) in [6.45, 7) is 3.15. The van der Waals surface area contributed by atoms with Gasteiger partial charge in [-0.15, -0.1) is 0 Å². The molecule has 6 heteroatoms.